The molecule has 36 heavy (non-hydrogen) atoms. The van der Waals surface area contributed by atoms with Crippen LogP contribution in [-0.4, -0.2) is 47.3 Å². The Bertz CT molecular complexity index is 1150. The van der Waals surface area contributed by atoms with E-state index in [4.69, 9.17) is 9.57 Å². The Morgan fingerprint density at radius 3 is 2.64 bits per heavy atom. The van der Waals surface area contributed by atoms with E-state index in [2.05, 4.69) is 25.8 Å². The minimum atomic E-state index is -0.459. The SMILES string of the molecule is COc1cc(CNC(=O)c2cc(C3=NOC(C4CCC(CNC(C)=O)CC4)C3)nc(C)n2)ccc1F. The average molecular weight is 498 g/mol. The Labute approximate surface area is 209 Å². The van der Waals surface area contributed by atoms with E-state index in [0.717, 1.165) is 32.2 Å². The molecule has 1 aliphatic heterocycles. The Balaban J connectivity index is 1.34. The fraction of sp³-hybridized carbons (Fsp3) is 0.500. The molecule has 2 heterocycles. The topological polar surface area (TPSA) is 115 Å². The highest BCUT2D eigenvalue weighted by atomic mass is 19.1. The van der Waals surface area contributed by atoms with Crippen molar-refractivity contribution in [3.8, 4) is 5.75 Å². The van der Waals surface area contributed by atoms with E-state index >= 15 is 0 Å². The first-order chi connectivity index (χ1) is 17.3. The molecule has 9 nitrogen and oxygen atoms in total. The van der Waals surface area contributed by atoms with E-state index in [1.165, 1.54) is 13.2 Å². The Morgan fingerprint density at radius 1 is 1.14 bits per heavy atom. The number of aryl methyl sites for hydroxylation is 1. The molecule has 0 bridgehead atoms. The van der Waals surface area contributed by atoms with Crippen LogP contribution in [0.5, 0.6) is 5.75 Å². The van der Waals surface area contributed by atoms with Crippen LogP contribution in [0.1, 0.15) is 66.6 Å². The molecule has 1 aliphatic carbocycles. The fourth-order valence-electron chi connectivity index (χ4n) is 4.77. The van der Waals surface area contributed by atoms with Gasteiger partial charge in [0.15, 0.2) is 11.6 Å². The van der Waals surface area contributed by atoms with E-state index in [9.17, 15) is 14.0 Å². The number of rotatable bonds is 8. The summed E-state index contributed by atoms with van der Waals surface area (Å²) in [7, 11) is 1.39. The van der Waals surface area contributed by atoms with Crippen LogP contribution in [0.3, 0.4) is 0 Å². The molecule has 4 rings (SSSR count). The average Bonchev–Trinajstić information content (AvgIpc) is 3.37. The third-order valence-electron chi connectivity index (χ3n) is 6.78. The molecule has 0 spiro atoms. The number of oxime groups is 1. The van der Waals surface area contributed by atoms with Crippen molar-refractivity contribution in [1.82, 2.24) is 20.6 Å². The highest BCUT2D eigenvalue weighted by Crippen LogP contribution is 2.35. The van der Waals surface area contributed by atoms with Crippen molar-refractivity contribution >= 4 is 17.5 Å². The maximum Gasteiger partial charge on any atom is 0.270 e. The lowest BCUT2D eigenvalue weighted by Gasteiger charge is -2.30. The first kappa shape index (κ1) is 25.5. The lowest BCUT2D eigenvalue weighted by atomic mass is 9.78. The summed E-state index contributed by atoms with van der Waals surface area (Å²) < 4.78 is 18.6. The lowest BCUT2D eigenvalue weighted by Crippen LogP contribution is -2.32. The third kappa shape index (κ3) is 6.35. The summed E-state index contributed by atoms with van der Waals surface area (Å²) in [6.45, 7) is 4.21. The summed E-state index contributed by atoms with van der Waals surface area (Å²) in [6.07, 6.45) is 4.79. The molecule has 2 amide bonds. The lowest BCUT2D eigenvalue weighted by molar-refractivity contribution is -0.119. The molecular formula is C26H32FN5O4. The molecule has 0 saturated heterocycles. The van der Waals surface area contributed by atoms with Crippen molar-refractivity contribution in [3.63, 3.8) is 0 Å². The first-order valence-corrected chi connectivity index (χ1v) is 12.3. The number of nitrogens with one attached hydrogen (secondary N) is 2. The second-order valence-electron chi connectivity index (χ2n) is 9.44. The molecular weight excluding hydrogens is 465 g/mol. The van der Waals surface area contributed by atoms with Gasteiger partial charge in [-0.15, -0.1) is 0 Å². The summed E-state index contributed by atoms with van der Waals surface area (Å²) in [4.78, 5) is 38.5. The van der Waals surface area contributed by atoms with Crippen LogP contribution in [0.15, 0.2) is 29.4 Å². The van der Waals surface area contributed by atoms with Crippen LogP contribution in [0, 0.1) is 24.6 Å². The summed E-state index contributed by atoms with van der Waals surface area (Å²) in [5.74, 6) is 0.686. The summed E-state index contributed by atoms with van der Waals surface area (Å²) in [6, 6.07) is 6.07. The Kier molecular flexibility index (Phi) is 8.12. The number of methoxy groups -OCH3 is 1. The van der Waals surface area contributed by atoms with Gasteiger partial charge in [0.2, 0.25) is 5.91 Å². The van der Waals surface area contributed by atoms with Gasteiger partial charge in [0.05, 0.1) is 12.8 Å². The minimum absolute atomic E-state index is 0.0114. The van der Waals surface area contributed by atoms with Gasteiger partial charge in [-0.25, -0.2) is 14.4 Å². The number of halogens is 1. The number of carbonyl (C=O) groups excluding carboxylic acids is 2. The van der Waals surface area contributed by atoms with Crippen LogP contribution in [0.2, 0.25) is 0 Å². The molecule has 10 heteroatoms. The van der Waals surface area contributed by atoms with Crippen molar-refractivity contribution in [2.45, 2.75) is 58.6 Å². The van der Waals surface area contributed by atoms with Gasteiger partial charge in [-0.05, 0) is 68.2 Å². The van der Waals surface area contributed by atoms with Crippen molar-refractivity contribution in [2.24, 2.45) is 17.0 Å². The van der Waals surface area contributed by atoms with Crippen LogP contribution in [-0.2, 0) is 16.2 Å². The number of benzene rings is 1. The van der Waals surface area contributed by atoms with E-state index in [-0.39, 0.29) is 35.9 Å². The molecule has 2 N–H and O–H groups in total. The second kappa shape index (κ2) is 11.5. The van der Waals surface area contributed by atoms with Crippen molar-refractivity contribution in [2.75, 3.05) is 13.7 Å². The number of hydrogen-bond acceptors (Lipinski definition) is 7. The van der Waals surface area contributed by atoms with Gasteiger partial charge in [0.25, 0.3) is 5.91 Å². The normalized spacial score (nSPS) is 21.3. The molecule has 192 valence electrons. The number of aromatic nitrogens is 2. The van der Waals surface area contributed by atoms with Crippen LogP contribution >= 0.6 is 0 Å². The highest BCUT2D eigenvalue weighted by molar-refractivity contribution is 6.01. The van der Waals surface area contributed by atoms with Gasteiger partial charge in [-0.3, -0.25) is 9.59 Å². The molecule has 1 aromatic carbocycles. The van der Waals surface area contributed by atoms with Gasteiger partial charge in [-0.2, -0.15) is 0 Å². The zero-order chi connectivity index (χ0) is 25.7. The molecule has 1 unspecified atom stereocenters. The Morgan fingerprint density at radius 2 is 1.92 bits per heavy atom. The number of hydrogen-bond donors (Lipinski definition) is 2. The fourth-order valence-corrected chi connectivity index (χ4v) is 4.77. The minimum Gasteiger partial charge on any atom is -0.494 e. The molecule has 2 aromatic rings. The number of ether oxygens (including phenoxy) is 1. The van der Waals surface area contributed by atoms with Gasteiger partial charge >= 0.3 is 0 Å². The number of carbonyl (C=O) groups is 2. The van der Waals surface area contributed by atoms with E-state index < -0.39 is 5.82 Å². The zero-order valence-corrected chi connectivity index (χ0v) is 20.8. The van der Waals surface area contributed by atoms with E-state index in [1.807, 2.05) is 0 Å². The predicted octanol–water partition coefficient (Wildman–Crippen LogP) is 3.30. The van der Waals surface area contributed by atoms with Gasteiger partial charge < -0.3 is 20.2 Å². The number of amides is 2. The zero-order valence-electron chi connectivity index (χ0n) is 20.8. The summed E-state index contributed by atoms with van der Waals surface area (Å²) in [5, 5.41) is 10.0. The number of nitrogens with zero attached hydrogens (tertiary/aromatic N) is 3. The maximum atomic E-state index is 13.6. The van der Waals surface area contributed by atoms with Gasteiger partial charge in [0.1, 0.15) is 23.3 Å². The summed E-state index contributed by atoms with van der Waals surface area (Å²) >= 11 is 0. The second-order valence-corrected chi connectivity index (χ2v) is 9.44. The van der Waals surface area contributed by atoms with Gasteiger partial charge in [-0.1, -0.05) is 11.2 Å². The van der Waals surface area contributed by atoms with Crippen LogP contribution < -0.4 is 15.4 Å². The molecule has 1 fully saturated rings. The standard InChI is InChI=1S/C26H32FN5O4/c1-15-30-21(11-23(31-15)26(34)29-14-18-6-9-20(27)25(10-18)35-3)22-12-24(36-32-22)19-7-4-17(5-8-19)13-28-16(2)33/h6,9-11,17,19,24H,4-5,7-8,12-14H2,1-3H3,(H,28,33)(H,29,34). The van der Waals surface area contributed by atoms with Crippen LogP contribution in [0.4, 0.5) is 4.39 Å². The highest BCUT2D eigenvalue weighted by Gasteiger charge is 2.34. The van der Waals surface area contributed by atoms with Crippen molar-refractivity contribution < 1.29 is 23.6 Å². The quantitative estimate of drug-likeness (QED) is 0.578. The van der Waals surface area contributed by atoms with Crippen molar-refractivity contribution in [1.29, 1.82) is 0 Å². The molecule has 1 atom stereocenters. The predicted molar refractivity (Wildman–Crippen MR) is 131 cm³/mol. The summed E-state index contributed by atoms with van der Waals surface area (Å²) in [5.41, 5.74) is 2.23. The van der Waals surface area contributed by atoms with Crippen molar-refractivity contribution in [3.05, 3.63) is 52.9 Å². The third-order valence-corrected chi connectivity index (χ3v) is 6.78. The molecule has 0 radical (unpaired) electrons. The van der Waals surface area contributed by atoms with Gasteiger partial charge in [0, 0.05) is 26.4 Å². The van der Waals surface area contributed by atoms with E-state index in [0.29, 0.717) is 41.1 Å². The smallest absolute Gasteiger partial charge is 0.270 e. The molecule has 2 aliphatic rings. The van der Waals surface area contributed by atoms with Crippen LogP contribution in [0.25, 0.3) is 0 Å². The van der Waals surface area contributed by atoms with E-state index in [1.54, 1.807) is 32.0 Å². The Hall–Kier alpha value is -3.56. The maximum absolute atomic E-state index is 13.6. The first-order valence-electron chi connectivity index (χ1n) is 12.3. The molecule has 1 aromatic heterocycles. The largest absolute Gasteiger partial charge is 0.494 e. The molecule has 1 saturated carbocycles. The monoisotopic (exact) mass is 497 g/mol.